The molecule has 8 aromatic rings. The van der Waals surface area contributed by atoms with Crippen LogP contribution in [-0.2, 0) is 0 Å². The highest BCUT2D eigenvalue weighted by atomic mass is 16.4. The van der Waals surface area contributed by atoms with E-state index in [1.54, 1.807) is 0 Å². The summed E-state index contributed by atoms with van der Waals surface area (Å²) in [6, 6.07) is 51.9. The largest absolute Gasteiger partial charge is 0.416 e. The molecule has 4 heteroatoms. The number of allylic oxidation sites excluding steroid dienone is 1. The number of hydrogen-bond donors (Lipinski definition) is 0. The molecule has 0 fully saturated rings. The first-order valence-corrected chi connectivity index (χ1v) is 19.5. The number of hydrogen-bond acceptors (Lipinski definition) is 3. The summed E-state index contributed by atoms with van der Waals surface area (Å²) in [5, 5.41) is 10.0. The Labute approximate surface area is 323 Å². The van der Waals surface area contributed by atoms with Gasteiger partial charge < -0.3 is 8.98 Å². The van der Waals surface area contributed by atoms with Crippen LogP contribution in [0.3, 0.4) is 0 Å². The van der Waals surface area contributed by atoms with Gasteiger partial charge in [-0.3, -0.25) is 0 Å². The maximum Gasteiger partial charge on any atom is 0.248 e. The first-order chi connectivity index (χ1) is 26.9. The van der Waals surface area contributed by atoms with Crippen molar-refractivity contribution in [3.63, 3.8) is 0 Å². The SMILES string of the molecule is CC(C)c1ccc2c(c1)c1c(n2-c2ccc(-c3ccccc3-c3ccccc3-c3ccc(-c4nnc(-c5ccccc5)o4)cc3)cc2)C=CC(C(C)C)C1C. The van der Waals surface area contributed by atoms with Crippen LogP contribution in [0.25, 0.3) is 79.0 Å². The van der Waals surface area contributed by atoms with Crippen molar-refractivity contribution in [3.05, 3.63) is 168 Å². The Balaban J connectivity index is 1.06. The van der Waals surface area contributed by atoms with Gasteiger partial charge in [0.15, 0.2) is 0 Å². The van der Waals surface area contributed by atoms with Gasteiger partial charge in [0, 0.05) is 22.2 Å². The van der Waals surface area contributed by atoms with Gasteiger partial charge in [-0.25, -0.2) is 0 Å². The third-order valence-corrected chi connectivity index (χ3v) is 11.5. The van der Waals surface area contributed by atoms with E-state index in [1.807, 2.05) is 30.3 Å². The zero-order chi connectivity index (χ0) is 37.6. The summed E-state index contributed by atoms with van der Waals surface area (Å²) in [5.41, 5.74) is 15.5. The van der Waals surface area contributed by atoms with E-state index in [4.69, 9.17) is 4.42 Å². The second-order valence-electron chi connectivity index (χ2n) is 15.5. The van der Waals surface area contributed by atoms with E-state index in [9.17, 15) is 0 Å². The molecule has 2 unspecified atom stereocenters. The minimum absolute atomic E-state index is 0.444. The fourth-order valence-corrected chi connectivity index (χ4v) is 8.55. The van der Waals surface area contributed by atoms with E-state index in [-0.39, 0.29) is 0 Å². The van der Waals surface area contributed by atoms with Crippen LogP contribution in [0.2, 0.25) is 0 Å². The third kappa shape index (κ3) is 6.22. The molecule has 0 aliphatic heterocycles. The van der Waals surface area contributed by atoms with Crippen molar-refractivity contribution in [3.8, 4) is 62.0 Å². The summed E-state index contributed by atoms with van der Waals surface area (Å²) in [6.45, 7) is 11.7. The Morgan fingerprint density at radius 2 is 1.09 bits per heavy atom. The van der Waals surface area contributed by atoms with E-state index in [1.165, 1.54) is 61.2 Å². The second-order valence-corrected chi connectivity index (χ2v) is 15.5. The summed E-state index contributed by atoms with van der Waals surface area (Å²) in [6.07, 6.45) is 4.82. The highest BCUT2D eigenvalue weighted by molar-refractivity contribution is 5.94. The average molecular weight is 716 g/mol. The summed E-state index contributed by atoms with van der Waals surface area (Å²) < 4.78 is 8.52. The molecule has 4 nitrogen and oxygen atoms in total. The Morgan fingerprint density at radius 1 is 0.564 bits per heavy atom. The lowest BCUT2D eigenvalue weighted by Gasteiger charge is -2.29. The lowest BCUT2D eigenvalue weighted by atomic mass is 9.76. The predicted molar refractivity (Wildman–Crippen MR) is 228 cm³/mol. The minimum atomic E-state index is 0.444. The van der Waals surface area contributed by atoms with Crippen LogP contribution < -0.4 is 0 Å². The van der Waals surface area contributed by atoms with E-state index in [2.05, 4.69) is 177 Å². The first-order valence-electron chi connectivity index (χ1n) is 19.5. The lowest BCUT2D eigenvalue weighted by molar-refractivity contribution is 0.404. The van der Waals surface area contributed by atoms with E-state index in [0.29, 0.717) is 35.5 Å². The fraction of sp³-hybridized carbons (Fsp3) is 0.176. The topological polar surface area (TPSA) is 43.9 Å². The molecule has 9 rings (SSSR count). The highest BCUT2D eigenvalue weighted by Gasteiger charge is 2.30. The lowest BCUT2D eigenvalue weighted by Crippen LogP contribution is -2.18. The molecule has 0 N–H and O–H groups in total. The molecule has 2 atom stereocenters. The molecular weight excluding hydrogens is 671 g/mol. The Morgan fingerprint density at radius 3 is 1.67 bits per heavy atom. The zero-order valence-electron chi connectivity index (χ0n) is 32.1. The van der Waals surface area contributed by atoms with E-state index in [0.717, 1.165) is 16.7 Å². The van der Waals surface area contributed by atoms with Gasteiger partial charge in [0.2, 0.25) is 11.8 Å². The van der Waals surface area contributed by atoms with Gasteiger partial charge in [0.05, 0.1) is 11.2 Å². The summed E-state index contributed by atoms with van der Waals surface area (Å²) in [7, 11) is 0. The van der Waals surface area contributed by atoms with Gasteiger partial charge in [-0.15, -0.1) is 10.2 Å². The van der Waals surface area contributed by atoms with Gasteiger partial charge in [-0.2, -0.15) is 0 Å². The fourth-order valence-electron chi connectivity index (χ4n) is 8.55. The molecule has 0 spiro atoms. The number of aromatic nitrogens is 3. The molecule has 0 bridgehead atoms. The van der Waals surface area contributed by atoms with Crippen LogP contribution in [0.1, 0.15) is 63.3 Å². The first kappa shape index (κ1) is 34.5. The number of benzene rings is 6. The second kappa shape index (κ2) is 14.2. The highest BCUT2D eigenvalue weighted by Crippen LogP contribution is 2.45. The van der Waals surface area contributed by atoms with Crippen LogP contribution in [0.15, 0.2) is 156 Å². The average Bonchev–Trinajstić information content (AvgIpc) is 3.85. The molecule has 6 aromatic carbocycles. The molecule has 2 aromatic heterocycles. The van der Waals surface area contributed by atoms with Gasteiger partial charge in [-0.05, 0) is 123 Å². The van der Waals surface area contributed by atoms with Crippen molar-refractivity contribution >= 4 is 17.0 Å². The normalized spacial score (nSPS) is 15.3. The summed E-state index contributed by atoms with van der Waals surface area (Å²) in [4.78, 5) is 0. The van der Waals surface area contributed by atoms with Crippen LogP contribution in [0.5, 0.6) is 0 Å². The van der Waals surface area contributed by atoms with Crippen LogP contribution in [-0.4, -0.2) is 14.8 Å². The monoisotopic (exact) mass is 715 g/mol. The van der Waals surface area contributed by atoms with Crippen LogP contribution in [0.4, 0.5) is 0 Å². The molecule has 1 aliphatic carbocycles. The molecule has 1 aliphatic rings. The Bertz CT molecular complexity index is 2660. The molecule has 270 valence electrons. The van der Waals surface area contributed by atoms with E-state index >= 15 is 0 Å². The molecule has 55 heavy (non-hydrogen) atoms. The standard InChI is InChI=1S/C51H45N3O/c1-32(2)39-25-29-47-46(31-39)49-34(5)41(33(3)4)28-30-48(49)54(47)40-26-23-36(24-27-40)43-16-10-12-18-45(43)44-17-11-9-15-42(44)35-19-21-38(22-20-35)51-53-52-50(55-51)37-13-7-6-8-14-37/h6-34,41H,1-5H3. The van der Waals surface area contributed by atoms with Crippen LogP contribution >= 0.6 is 0 Å². The van der Waals surface area contributed by atoms with Crippen molar-refractivity contribution < 1.29 is 4.42 Å². The van der Waals surface area contributed by atoms with Gasteiger partial charge >= 0.3 is 0 Å². The molecular formula is C51H45N3O. The van der Waals surface area contributed by atoms with Crippen LogP contribution in [0, 0.1) is 11.8 Å². The van der Waals surface area contributed by atoms with E-state index < -0.39 is 0 Å². The number of rotatable bonds is 8. The van der Waals surface area contributed by atoms with Gasteiger partial charge in [-0.1, -0.05) is 138 Å². The number of nitrogens with zero attached hydrogens (tertiary/aromatic N) is 3. The summed E-state index contributed by atoms with van der Waals surface area (Å²) >= 11 is 0. The smallest absolute Gasteiger partial charge is 0.248 e. The quantitative estimate of drug-likeness (QED) is 0.157. The van der Waals surface area contributed by atoms with Crippen molar-refractivity contribution in [1.29, 1.82) is 0 Å². The van der Waals surface area contributed by atoms with Crippen molar-refractivity contribution in [2.45, 2.75) is 46.5 Å². The molecule has 0 saturated carbocycles. The maximum atomic E-state index is 6.04. The van der Waals surface area contributed by atoms with Crippen molar-refractivity contribution in [2.24, 2.45) is 11.8 Å². The molecule has 0 amide bonds. The van der Waals surface area contributed by atoms with Crippen molar-refractivity contribution in [1.82, 2.24) is 14.8 Å². The molecule has 0 radical (unpaired) electrons. The third-order valence-electron chi connectivity index (χ3n) is 11.5. The van der Waals surface area contributed by atoms with Gasteiger partial charge in [0.25, 0.3) is 0 Å². The zero-order valence-corrected chi connectivity index (χ0v) is 32.1. The molecule has 2 heterocycles. The maximum absolute atomic E-state index is 6.04. The minimum Gasteiger partial charge on any atom is -0.416 e. The van der Waals surface area contributed by atoms with Crippen molar-refractivity contribution in [2.75, 3.05) is 0 Å². The Kier molecular flexibility index (Phi) is 8.90. The summed E-state index contributed by atoms with van der Waals surface area (Å²) in [5.74, 6) is 3.05. The van der Waals surface area contributed by atoms with Gasteiger partial charge in [0.1, 0.15) is 0 Å². The number of fused-ring (bicyclic) bond motifs is 3. The Hall–Kier alpha value is -6.26. The predicted octanol–water partition coefficient (Wildman–Crippen LogP) is 13.9. The molecule has 0 saturated heterocycles.